The number of aryl methyl sites for hydroxylation is 2. The molecule has 1 atom stereocenters. The van der Waals surface area contributed by atoms with Crippen LogP contribution in [-0.2, 0) is 13.6 Å². The van der Waals surface area contributed by atoms with Crippen molar-refractivity contribution in [3.8, 4) is 0 Å². The standard InChI is InChI=1S/C12H17N3O/c1-9-7-11(15(3)14-9)8-13-10(2)12-5-4-6-16-12/h4-7,10,13H,8H2,1-3H3. The molecule has 0 fully saturated rings. The predicted octanol–water partition coefficient (Wildman–Crippen LogP) is 2.17. The number of hydrogen-bond acceptors (Lipinski definition) is 3. The monoisotopic (exact) mass is 219 g/mol. The van der Waals surface area contributed by atoms with Gasteiger partial charge >= 0.3 is 0 Å². The molecule has 16 heavy (non-hydrogen) atoms. The minimum absolute atomic E-state index is 0.213. The normalized spacial score (nSPS) is 12.9. The third-order valence-corrected chi connectivity index (χ3v) is 2.66. The van der Waals surface area contributed by atoms with E-state index in [1.54, 1.807) is 6.26 Å². The predicted molar refractivity (Wildman–Crippen MR) is 61.9 cm³/mol. The lowest BCUT2D eigenvalue weighted by Crippen LogP contribution is -2.19. The molecule has 0 radical (unpaired) electrons. The van der Waals surface area contributed by atoms with Gasteiger partial charge in [0.2, 0.25) is 0 Å². The second kappa shape index (κ2) is 4.53. The molecule has 0 bridgehead atoms. The van der Waals surface area contributed by atoms with Crippen LogP contribution in [0.3, 0.4) is 0 Å². The first-order valence-electron chi connectivity index (χ1n) is 5.43. The Hall–Kier alpha value is -1.55. The number of hydrogen-bond donors (Lipinski definition) is 1. The molecular formula is C12H17N3O. The quantitative estimate of drug-likeness (QED) is 0.857. The van der Waals surface area contributed by atoms with Crippen molar-refractivity contribution in [2.24, 2.45) is 7.05 Å². The molecule has 1 N–H and O–H groups in total. The van der Waals surface area contributed by atoms with Crippen LogP contribution in [0.2, 0.25) is 0 Å². The summed E-state index contributed by atoms with van der Waals surface area (Å²) in [4.78, 5) is 0. The first kappa shape index (κ1) is 11.0. The zero-order valence-electron chi connectivity index (χ0n) is 9.90. The van der Waals surface area contributed by atoms with E-state index in [0.29, 0.717) is 0 Å². The summed E-state index contributed by atoms with van der Waals surface area (Å²) in [5.41, 5.74) is 2.22. The Morgan fingerprint density at radius 2 is 2.38 bits per heavy atom. The Kier molecular flexibility index (Phi) is 3.10. The van der Waals surface area contributed by atoms with E-state index in [2.05, 4.69) is 23.4 Å². The van der Waals surface area contributed by atoms with Gasteiger partial charge in [0.1, 0.15) is 5.76 Å². The molecule has 1 unspecified atom stereocenters. The lowest BCUT2D eigenvalue weighted by atomic mass is 10.2. The molecule has 86 valence electrons. The highest BCUT2D eigenvalue weighted by Gasteiger charge is 2.08. The van der Waals surface area contributed by atoms with Gasteiger partial charge in [0.05, 0.1) is 23.7 Å². The van der Waals surface area contributed by atoms with E-state index in [1.807, 2.05) is 30.8 Å². The van der Waals surface area contributed by atoms with Crippen LogP contribution < -0.4 is 5.32 Å². The number of nitrogens with one attached hydrogen (secondary N) is 1. The van der Waals surface area contributed by atoms with E-state index < -0.39 is 0 Å². The SMILES string of the molecule is Cc1cc(CNC(C)c2ccco2)n(C)n1. The van der Waals surface area contributed by atoms with E-state index >= 15 is 0 Å². The van der Waals surface area contributed by atoms with Gasteiger partial charge in [0.15, 0.2) is 0 Å². The molecule has 4 nitrogen and oxygen atoms in total. The fourth-order valence-corrected chi connectivity index (χ4v) is 1.73. The van der Waals surface area contributed by atoms with Crippen molar-refractivity contribution in [3.63, 3.8) is 0 Å². The summed E-state index contributed by atoms with van der Waals surface area (Å²) in [6.07, 6.45) is 1.70. The van der Waals surface area contributed by atoms with Crippen LogP contribution >= 0.6 is 0 Å². The molecule has 0 amide bonds. The third-order valence-electron chi connectivity index (χ3n) is 2.66. The van der Waals surface area contributed by atoms with Gasteiger partial charge in [-0.3, -0.25) is 4.68 Å². The first-order valence-corrected chi connectivity index (χ1v) is 5.43. The zero-order chi connectivity index (χ0) is 11.5. The van der Waals surface area contributed by atoms with E-state index in [9.17, 15) is 0 Å². The van der Waals surface area contributed by atoms with E-state index in [1.165, 1.54) is 5.69 Å². The lowest BCUT2D eigenvalue weighted by molar-refractivity contribution is 0.426. The van der Waals surface area contributed by atoms with Gasteiger partial charge in [0, 0.05) is 13.6 Å². The van der Waals surface area contributed by atoms with Crippen LogP contribution in [0.4, 0.5) is 0 Å². The van der Waals surface area contributed by atoms with Gasteiger partial charge in [-0.1, -0.05) is 0 Å². The molecule has 2 aromatic heterocycles. The van der Waals surface area contributed by atoms with Crippen molar-refractivity contribution >= 4 is 0 Å². The minimum atomic E-state index is 0.213. The van der Waals surface area contributed by atoms with Crippen LogP contribution in [0, 0.1) is 6.92 Å². The average molecular weight is 219 g/mol. The lowest BCUT2D eigenvalue weighted by Gasteiger charge is -2.10. The summed E-state index contributed by atoms with van der Waals surface area (Å²) in [6, 6.07) is 6.18. The van der Waals surface area contributed by atoms with Crippen molar-refractivity contribution in [1.82, 2.24) is 15.1 Å². The Morgan fingerprint density at radius 1 is 1.56 bits per heavy atom. The largest absolute Gasteiger partial charge is 0.468 e. The van der Waals surface area contributed by atoms with Gasteiger partial charge in [0.25, 0.3) is 0 Å². The van der Waals surface area contributed by atoms with Gasteiger partial charge in [-0.05, 0) is 32.0 Å². The number of nitrogens with zero attached hydrogens (tertiary/aromatic N) is 2. The highest BCUT2D eigenvalue weighted by molar-refractivity contribution is 5.09. The summed E-state index contributed by atoms with van der Waals surface area (Å²) in [5.74, 6) is 0.957. The van der Waals surface area contributed by atoms with Crippen LogP contribution in [0.15, 0.2) is 28.9 Å². The minimum Gasteiger partial charge on any atom is -0.468 e. The smallest absolute Gasteiger partial charge is 0.120 e. The molecule has 0 aliphatic heterocycles. The maximum absolute atomic E-state index is 5.33. The molecule has 2 rings (SSSR count). The molecule has 2 heterocycles. The summed E-state index contributed by atoms with van der Waals surface area (Å²) < 4.78 is 7.23. The molecule has 0 saturated carbocycles. The molecule has 0 aliphatic rings. The van der Waals surface area contributed by atoms with Gasteiger partial charge in [-0.15, -0.1) is 0 Å². The Labute approximate surface area is 95.3 Å². The van der Waals surface area contributed by atoms with Gasteiger partial charge < -0.3 is 9.73 Å². The van der Waals surface area contributed by atoms with Crippen molar-refractivity contribution in [2.45, 2.75) is 26.4 Å². The highest BCUT2D eigenvalue weighted by Crippen LogP contribution is 2.13. The fourth-order valence-electron chi connectivity index (χ4n) is 1.73. The van der Waals surface area contributed by atoms with Gasteiger partial charge in [-0.25, -0.2) is 0 Å². The van der Waals surface area contributed by atoms with E-state index in [0.717, 1.165) is 18.0 Å². The maximum Gasteiger partial charge on any atom is 0.120 e. The van der Waals surface area contributed by atoms with Crippen LogP contribution in [-0.4, -0.2) is 9.78 Å². The fraction of sp³-hybridized carbons (Fsp3) is 0.417. The second-order valence-corrected chi connectivity index (χ2v) is 4.02. The first-order chi connectivity index (χ1) is 7.66. The van der Waals surface area contributed by atoms with Crippen molar-refractivity contribution < 1.29 is 4.42 Å². The topological polar surface area (TPSA) is 43.0 Å². The molecule has 0 saturated heterocycles. The summed E-state index contributed by atoms with van der Waals surface area (Å²) >= 11 is 0. The average Bonchev–Trinajstić information content (AvgIpc) is 2.84. The molecule has 4 heteroatoms. The Morgan fingerprint density at radius 3 is 2.94 bits per heavy atom. The number of aromatic nitrogens is 2. The molecule has 0 aromatic carbocycles. The maximum atomic E-state index is 5.33. The molecular weight excluding hydrogens is 202 g/mol. The van der Waals surface area contributed by atoms with Crippen LogP contribution in [0.25, 0.3) is 0 Å². The van der Waals surface area contributed by atoms with Crippen LogP contribution in [0.5, 0.6) is 0 Å². The van der Waals surface area contributed by atoms with E-state index in [4.69, 9.17) is 4.42 Å². The number of furan rings is 1. The third kappa shape index (κ3) is 2.33. The van der Waals surface area contributed by atoms with Gasteiger partial charge in [-0.2, -0.15) is 5.10 Å². The summed E-state index contributed by atoms with van der Waals surface area (Å²) in [6.45, 7) is 4.88. The number of rotatable bonds is 4. The Bertz CT molecular complexity index is 445. The Balaban J connectivity index is 1.95. The summed E-state index contributed by atoms with van der Waals surface area (Å²) in [5, 5.41) is 7.71. The molecule has 2 aromatic rings. The molecule has 0 spiro atoms. The van der Waals surface area contributed by atoms with Crippen molar-refractivity contribution in [1.29, 1.82) is 0 Å². The second-order valence-electron chi connectivity index (χ2n) is 4.02. The van der Waals surface area contributed by atoms with E-state index in [-0.39, 0.29) is 6.04 Å². The van der Waals surface area contributed by atoms with Crippen molar-refractivity contribution in [2.75, 3.05) is 0 Å². The van der Waals surface area contributed by atoms with Crippen molar-refractivity contribution in [3.05, 3.63) is 41.6 Å². The highest BCUT2D eigenvalue weighted by atomic mass is 16.3. The zero-order valence-corrected chi connectivity index (χ0v) is 9.90. The van der Waals surface area contributed by atoms with Crippen LogP contribution in [0.1, 0.15) is 30.1 Å². The summed E-state index contributed by atoms with van der Waals surface area (Å²) in [7, 11) is 1.96. The molecule has 0 aliphatic carbocycles.